The zero-order valence-electron chi connectivity index (χ0n) is 88.3. The quantitative estimate of drug-likeness (QED) is 0.0283. The molecule has 1 aliphatic rings. The van der Waals surface area contributed by atoms with E-state index < -0.39 is 34.5 Å². The molecule has 0 saturated heterocycles. The van der Waals surface area contributed by atoms with Crippen molar-refractivity contribution in [2.45, 2.75) is 317 Å². The molecule has 0 unspecified atom stereocenters. The second-order valence-corrected chi connectivity index (χ2v) is 84.9. The fraction of sp³-hybridized carbons (Fsp3) is 0.395. The van der Waals surface area contributed by atoms with Crippen molar-refractivity contribution in [1.82, 2.24) is 8.75 Å². The molecule has 19 rings (SSSR count). The van der Waals surface area contributed by atoms with Crippen LogP contribution in [0, 0.1) is 12.1 Å². The van der Waals surface area contributed by atoms with Crippen molar-refractivity contribution in [3.8, 4) is 43.1 Å². The van der Waals surface area contributed by atoms with E-state index in [0.29, 0.717) is 6.67 Å². The molecule has 0 aliphatic carbocycles. The summed E-state index contributed by atoms with van der Waals surface area (Å²) in [6, 6.07) is 90.1. The fourth-order valence-electron chi connectivity index (χ4n) is 19.4. The third-order valence-electron chi connectivity index (χ3n) is 27.4. The molecule has 0 atom stereocenters. The first-order valence-corrected chi connectivity index (χ1v) is 85.4. The number of fused-ring (bicyclic) bond motifs is 11. The third kappa shape index (κ3) is 36.5. The van der Waals surface area contributed by atoms with Gasteiger partial charge in [-0.25, -0.2) is 0 Å². The van der Waals surface area contributed by atoms with E-state index in [0.717, 1.165) is 30.7 Å². The van der Waals surface area contributed by atoms with Gasteiger partial charge in [0.25, 0.3) is 0 Å². The van der Waals surface area contributed by atoms with E-state index in [4.69, 9.17) is 29.0 Å². The molecule has 7 aromatic heterocycles. The summed E-state index contributed by atoms with van der Waals surface area (Å²) >= 11 is 20.1. The summed E-state index contributed by atoms with van der Waals surface area (Å²) in [5, 5.41) is 18.1. The molecule has 794 valence electrons. The van der Waals surface area contributed by atoms with Crippen LogP contribution in [0.4, 0.5) is 0 Å². The predicted octanol–water partition coefficient (Wildman–Crippen LogP) is 45.6. The van der Waals surface area contributed by atoms with E-state index in [2.05, 4.69) is 322 Å². The standard InChI is InChI=1S/C43H46N2S4.C18H21S2.2C12H10.C6H2Br2N2S.2C6H5.6C4H9.2CH4.BrH.2ClH.Pd.2Sn/c1-5-9-13-26-28(15-11-7-3)42-34(30-19-21-46-40(26)30)23-36(48-42)32-17-18-33(39-38(32)44-25-45-39)37-24-35-31-20-22-47-41(31)27(14-10-6-2)29(16-12-8-4)43(35)49-37;1-3-5-7-13-14(8-6-4-2)18-16(10-12-20-18)15-9-11-19-17(13)15;2*1-3-7-11(8-4-1)12-9-5-2-6-10-12;7-3-1-2-4(8)6-5(3)9-11-10-6;2*1-2-4-6-5-3-1;6*1-3-4-2;;;;;;;;/h17-24H,5-16,25H2,1-4H3;9-11H,3-8H2,1-2H3;2*1-10H;1-2H;2*1-5H;6*1,3-4H2,2H3;2*1H4;3*1H;;;/q;;;;;2*-1;;;;;;;;;;;;+2;;+1/p-3. The topological polar surface area (TPSA) is 50.5 Å². The van der Waals surface area contributed by atoms with Crippen LogP contribution in [0.25, 0.3) is 115 Å². The smallest absolute Gasteiger partial charge is 0.0184 e. The van der Waals surface area contributed by atoms with Crippen LogP contribution in [0.2, 0.25) is 26.6 Å². The molecule has 4 nitrogen and oxygen atoms in total. The van der Waals surface area contributed by atoms with Crippen LogP contribution in [0.1, 0.15) is 285 Å². The van der Waals surface area contributed by atoms with Gasteiger partial charge in [0.2, 0.25) is 0 Å². The van der Waals surface area contributed by atoms with Crippen molar-refractivity contribution in [3.05, 3.63) is 324 Å². The minimum Gasteiger partial charge on any atom is -0.184 e. The van der Waals surface area contributed by atoms with Gasteiger partial charge in [-0.15, -0.1) is 45.3 Å². The van der Waals surface area contributed by atoms with Crippen molar-refractivity contribution in [2.24, 2.45) is 9.98 Å². The Kier molecular flexibility index (Phi) is 60.2. The van der Waals surface area contributed by atoms with Crippen LogP contribution < -0.4 is 13.6 Å². The zero-order chi connectivity index (χ0) is 104. The number of thiophene rings is 6. The van der Waals surface area contributed by atoms with Gasteiger partial charge >= 0.3 is 354 Å². The molecule has 0 bridgehead atoms. The van der Waals surface area contributed by atoms with Gasteiger partial charge in [-0.2, -0.15) is 81.5 Å². The van der Waals surface area contributed by atoms with Crippen LogP contribution in [0.3, 0.4) is 0 Å². The number of nitrogens with zero attached hydrogens (tertiary/aromatic N) is 4. The normalized spacial score (nSPS) is 11.3. The van der Waals surface area contributed by atoms with Crippen LogP contribution in [0.15, 0.2) is 278 Å². The number of hydrogen-bond acceptors (Lipinski definition) is 11. The Hall–Kier alpha value is -5.12. The SMILES string of the molecule is Brc1ccc(Br)c2nsnc12.C.C.CCCCc1c(CCCC)c2s[c]([Sn]([CH2]CCC)([CH2]CCC)[CH2]CCC)cc2c2ccsc12.CCCCc1c(CCCC)c2sc(-c3ccc(-c4cc5c(s4)c(CCCC)c(CCCC)c4sccc45)c4c3=NCN=4)cc2c2ccsc12.CCC[CH2][Sn]([Br])([CH2]CCC)[CH2]CCC.[Cl][Pd][Cl].[c-]1ccccc1.[c-]1ccccc1.c1ccc(-c2ccccc2)cc1.c1ccc(-c2ccccc2)cc1. The summed E-state index contributed by atoms with van der Waals surface area (Å²) in [5.74, 6) is 0. The molecule has 0 radical (unpaired) electrons. The van der Waals surface area contributed by atoms with Crippen LogP contribution in [-0.2, 0) is 54.5 Å². The summed E-state index contributed by atoms with van der Waals surface area (Å²) in [7, 11) is 9.63. The minimum atomic E-state index is -2.41. The van der Waals surface area contributed by atoms with Crippen molar-refractivity contribution in [1.29, 1.82) is 0 Å². The average molecular weight is 2650 g/mol. The molecule has 18 aromatic rings. The van der Waals surface area contributed by atoms with Gasteiger partial charge in [0.05, 0.1) is 22.4 Å². The molecule has 0 amide bonds. The zero-order valence-corrected chi connectivity index (χ0v) is 108. The Balaban J connectivity index is 0.000000210. The second-order valence-electron chi connectivity index (χ2n) is 38.1. The third-order valence-corrected chi connectivity index (χ3v) is 72.7. The number of rotatable bonds is 41. The summed E-state index contributed by atoms with van der Waals surface area (Å²) in [5.41, 5.74) is 19.3. The molecule has 0 saturated carbocycles. The van der Waals surface area contributed by atoms with Crippen molar-refractivity contribution in [2.75, 3.05) is 6.67 Å². The first-order chi connectivity index (χ1) is 71.6. The van der Waals surface area contributed by atoms with Gasteiger partial charge in [-0.05, 0) is 175 Å². The molecular weight excluding hydrogens is 2480 g/mol. The molecule has 8 heterocycles. The summed E-state index contributed by atoms with van der Waals surface area (Å²) in [4.78, 5) is 12.8. The molecule has 19 heteroatoms. The molecule has 0 spiro atoms. The number of hydrogen-bond donors (Lipinski definition) is 0. The van der Waals surface area contributed by atoms with E-state index in [1.165, 1.54) is 288 Å². The first-order valence-electron chi connectivity index (χ1n) is 54.1. The molecule has 1 aliphatic heterocycles. The van der Waals surface area contributed by atoms with Gasteiger partial charge < -0.3 is 0 Å². The summed E-state index contributed by atoms with van der Waals surface area (Å²) < 4.78 is 31.0. The second kappa shape index (κ2) is 70.5. The van der Waals surface area contributed by atoms with Gasteiger partial charge in [0, 0.05) is 70.2 Å². The van der Waals surface area contributed by atoms with E-state index in [1.807, 2.05) is 157 Å². The summed E-state index contributed by atoms with van der Waals surface area (Å²) in [6.45, 7) is 28.6. The van der Waals surface area contributed by atoms with Crippen LogP contribution in [0.5, 0.6) is 0 Å². The largest absolute Gasteiger partial charge is 0.184 e. The van der Waals surface area contributed by atoms with E-state index in [-0.39, 0.29) is 30.8 Å². The van der Waals surface area contributed by atoms with Gasteiger partial charge in [-0.1, -0.05) is 202 Å². The Morgan fingerprint density at radius 1 is 0.311 bits per heavy atom. The van der Waals surface area contributed by atoms with Crippen molar-refractivity contribution in [3.63, 3.8) is 0 Å². The van der Waals surface area contributed by atoms with Crippen LogP contribution in [-0.4, -0.2) is 49.9 Å². The number of aromatic nitrogens is 2. The number of unbranched alkanes of at least 4 members (excludes halogenated alkanes) is 12. The van der Waals surface area contributed by atoms with E-state index in [9.17, 15) is 0 Å². The summed E-state index contributed by atoms with van der Waals surface area (Å²) in [6.07, 6.45) is 39.3. The van der Waals surface area contributed by atoms with Gasteiger partial charge in [0.15, 0.2) is 0 Å². The average Bonchev–Trinajstić information content (AvgIpc) is 1.58. The van der Waals surface area contributed by atoms with Gasteiger partial charge in [-0.3, -0.25) is 9.98 Å². The predicted molar refractivity (Wildman–Crippen MR) is 686 cm³/mol. The monoisotopic (exact) mass is 2640 g/mol. The minimum absolute atomic E-state index is 0. The number of aryl methyl sites for hydroxylation is 6. The van der Waals surface area contributed by atoms with Crippen molar-refractivity contribution < 1.29 is 15.9 Å². The first kappa shape index (κ1) is 126. The molecule has 0 N–H and O–H groups in total. The number of halogens is 5. The maximum absolute atomic E-state index is 5.06. The van der Waals surface area contributed by atoms with Crippen molar-refractivity contribution >= 4 is 252 Å². The van der Waals surface area contributed by atoms with E-state index >= 15 is 0 Å². The molecule has 0 fully saturated rings. The Morgan fingerprint density at radius 3 is 0.845 bits per heavy atom. The maximum Gasteiger partial charge on any atom is -0.0184 e. The molecule has 11 aromatic carbocycles. The van der Waals surface area contributed by atoms with Gasteiger partial charge in [0.1, 0.15) is 17.7 Å². The maximum atomic E-state index is 5.06. The Morgan fingerprint density at radius 2 is 0.574 bits per heavy atom. The number of benzene rings is 11. The Labute approximate surface area is 966 Å². The molecule has 148 heavy (non-hydrogen) atoms. The fourth-order valence-corrected chi connectivity index (χ4v) is 63.3. The molecular formula is C129H161Br3Cl2N4PdS7Sn2-2. The Bertz CT molecular complexity index is 6430. The van der Waals surface area contributed by atoms with E-state index in [1.54, 1.807) is 80.2 Å². The van der Waals surface area contributed by atoms with Crippen LogP contribution >= 0.6 is 143 Å².